The topological polar surface area (TPSA) is 51.8 Å². The molecule has 3 heterocycles. The lowest BCUT2D eigenvalue weighted by Crippen LogP contribution is -1.94. The Morgan fingerprint density at radius 3 is 1.88 bits per heavy atom. The van der Waals surface area contributed by atoms with E-state index in [0.717, 1.165) is 38.6 Å². The first-order valence-corrected chi connectivity index (χ1v) is 14.2. The summed E-state index contributed by atoms with van der Waals surface area (Å²) in [6.07, 6.45) is 0. The lowest BCUT2D eigenvalue weighted by molar-refractivity contribution is 0.670. The summed E-state index contributed by atoms with van der Waals surface area (Å²) in [6, 6.07) is 35.7. The van der Waals surface area contributed by atoms with Gasteiger partial charge in [-0.05, 0) is 40.4 Å². The van der Waals surface area contributed by atoms with Crippen molar-refractivity contribution in [3.05, 3.63) is 114 Å². The van der Waals surface area contributed by atoms with Crippen molar-refractivity contribution in [1.29, 1.82) is 0 Å². The van der Waals surface area contributed by atoms with Gasteiger partial charge in [-0.1, -0.05) is 97.1 Å². The molecule has 0 bridgehead atoms. The van der Waals surface area contributed by atoms with Crippen molar-refractivity contribution >= 4 is 76.6 Å². The minimum absolute atomic E-state index is 0.0480. The quantitative estimate of drug-likeness (QED) is 0.211. The molecule has 190 valence electrons. The molecule has 0 saturated heterocycles. The van der Waals surface area contributed by atoms with E-state index in [-0.39, 0.29) is 10.6 Å². The van der Waals surface area contributed by atoms with E-state index in [1.807, 2.05) is 29.5 Å². The molecule has 0 amide bonds. The van der Waals surface area contributed by atoms with Gasteiger partial charge in [0.15, 0.2) is 5.82 Å². The second kappa shape index (κ2) is 9.14. The van der Waals surface area contributed by atoms with Crippen molar-refractivity contribution in [3.63, 3.8) is 0 Å². The number of nitrogens with zero attached hydrogens (tertiary/aromatic N) is 3. The smallest absolute Gasteiger partial charge is 0.227 e. The van der Waals surface area contributed by atoms with Crippen molar-refractivity contribution in [2.24, 2.45) is 0 Å². The number of rotatable bonds is 3. The Morgan fingerprint density at radius 1 is 0.525 bits per heavy atom. The SMILES string of the molecule is Clc1nc(Cl)nc(-c2cccc3oc4c(-c5cccc6c5sc5c(-c7ccccc7)cccc56)cccc4c23)n1. The molecule has 0 fully saturated rings. The molecule has 7 heteroatoms. The van der Waals surface area contributed by atoms with E-state index in [1.54, 1.807) is 0 Å². The number of benzene rings is 5. The van der Waals surface area contributed by atoms with Crippen LogP contribution in [0.1, 0.15) is 0 Å². The number of furan rings is 1. The maximum atomic E-state index is 6.54. The molecule has 0 aliphatic carbocycles. The number of aromatic nitrogens is 3. The number of para-hydroxylation sites is 1. The van der Waals surface area contributed by atoms with Gasteiger partial charge in [0, 0.05) is 47.6 Å². The molecule has 0 atom stereocenters. The van der Waals surface area contributed by atoms with Crippen LogP contribution in [-0.2, 0) is 0 Å². The Hall–Kier alpha value is -4.29. The van der Waals surface area contributed by atoms with Crippen LogP contribution in [0, 0.1) is 0 Å². The normalized spacial score (nSPS) is 11.8. The van der Waals surface area contributed by atoms with Gasteiger partial charge in [0.05, 0.1) is 0 Å². The van der Waals surface area contributed by atoms with Gasteiger partial charge in [-0.25, -0.2) is 0 Å². The monoisotopic (exact) mass is 573 g/mol. The molecule has 0 N–H and O–H groups in total. The van der Waals surface area contributed by atoms with Crippen LogP contribution in [0.2, 0.25) is 10.6 Å². The Labute approximate surface area is 242 Å². The largest absolute Gasteiger partial charge is 0.455 e. The molecule has 40 heavy (non-hydrogen) atoms. The number of hydrogen-bond donors (Lipinski definition) is 0. The first-order chi connectivity index (χ1) is 19.7. The molecule has 8 aromatic rings. The molecular weight excluding hydrogens is 557 g/mol. The summed E-state index contributed by atoms with van der Waals surface area (Å²) in [5.74, 6) is 0.406. The fourth-order valence-corrected chi connectivity index (χ4v) is 7.30. The third-order valence-electron chi connectivity index (χ3n) is 7.24. The molecule has 0 radical (unpaired) electrons. The van der Waals surface area contributed by atoms with E-state index in [0.29, 0.717) is 5.82 Å². The first-order valence-electron chi connectivity index (χ1n) is 12.7. The van der Waals surface area contributed by atoms with Crippen molar-refractivity contribution in [1.82, 2.24) is 15.0 Å². The van der Waals surface area contributed by atoms with Crippen LogP contribution in [0.5, 0.6) is 0 Å². The minimum Gasteiger partial charge on any atom is -0.455 e. The van der Waals surface area contributed by atoms with Crippen molar-refractivity contribution in [2.45, 2.75) is 0 Å². The Kier molecular flexibility index (Phi) is 5.39. The van der Waals surface area contributed by atoms with Gasteiger partial charge in [0.1, 0.15) is 11.2 Å². The van der Waals surface area contributed by atoms with E-state index < -0.39 is 0 Å². The second-order valence-electron chi connectivity index (χ2n) is 9.49. The highest BCUT2D eigenvalue weighted by Crippen LogP contribution is 2.46. The van der Waals surface area contributed by atoms with Crippen LogP contribution in [0.15, 0.2) is 108 Å². The lowest BCUT2D eigenvalue weighted by atomic mass is 9.98. The zero-order valence-corrected chi connectivity index (χ0v) is 23.1. The van der Waals surface area contributed by atoms with E-state index in [1.165, 1.54) is 31.3 Å². The fourth-order valence-electron chi connectivity index (χ4n) is 5.57. The zero-order valence-electron chi connectivity index (χ0n) is 20.7. The summed E-state index contributed by atoms with van der Waals surface area (Å²) in [5.41, 5.74) is 6.96. The van der Waals surface area contributed by atoms with E-state index in [9.17, 15) is 0 Å². The van der Waals surface area contributed by atoms with Gasteiger partial charge < -0.3 is 4.42 Å². The summed E-state index contributed by atoms with van der Waals surface area (Å²) < 4.78 is 9.05. The van der Waals surface area contributed by atoms with Crippen LogP contribution in [0.25, 0.3) is 75.8 Å². The Balaban J connectivity index is 1.40. The average molecular weight is 574 g/mol. The van der Waals surface area contributed by atoms with Crippen LogP contribution < -0.4 is 0 Å². The van der Waals surface area contributed by atoms with E-state index in [2.05, 4.69) is 99.9 Å². The first kappa shape index (κ1) is 23.6. The molecule has 0 unspecified atom stereocenters. The van der Waals surface area contributed by atoms with Crippen molar-refractivity contribution in [3.8, 4) is 33.6 Å². The highest BCUT2D eigenvalue weighted by Gasteiger charge is 2.20. The number of halogens is 2. The second-order valence-corrected chi connectivity index (χ2v) is 11.2. The summed E-state index contributed by atoms with van der Waals surface area (Å²) in [4.78, 5) is 12.6. The number of thiophene rings is 1. The maximum absolute atomic E-state index is 6.54. The van der Waals surface area contributed by atoms with E-state index >= 15 is 0 Å². The minimum atomic E-state index is 0.0480. The van der Waals surface area contributed by atoms with Crippen molar-refractivity contribution in [2.75, 3.05) is 0 Å². The Morgan fingerprint density at radius 2 is 1.12 bits per heavy atom. The molecular formula is C33H17Cl2N3OS. The molecule has 0 aliphatic rings. The summed E-state index contributed by atoms with van der Waals surface area (Å²) in [5, 5.41) is 4.47. The standard InChI is InChI=1S/C33H17Cl2N3OS/c34-32-36-31(37-33(35)38-32)25-16-7-17-26-27(25)24-15-5-11-20(28(24)39-26)21-12-6-14-23-22-13-4-10-19(29(22)40-30(21)23)18-8-2-1-3-9-18/h1-17H. The zero-order chi connectivity index (χ0) is 26.8. The molecule has 8 rings (SSSR count). The van der Waals surface area contributed by atoms with Crippen molar-refractivity contribution < 1.29 is 4.42 Å². The van der Waals surface area contributed by atoms with Gasteiger partial charge >= 0.3 is 0 Å². The molecule has 5 aromatic carbocycles. The third kappa shape index (κ3) is 3.63. The van der Waals surface area contributed by atoms with Crippen LogP contribution in [-0.4, -0.2) is 15.0 Å². The number of hydrogen-bond acceptors (Lipinski definition) is 5. The summed E-state index contributed by atoms with van der Waals surface area (Å²) in [7, 11) is 0. The summed E-state index contributed by atoms with van der Waals surface area (Å²) >= 11 is 14.1. The highest BCUT2D eigenvalue weighted by atomic mass is 35.5. The molecule has 0 saturated carbocycles. The molecule has 3 aromatic heterocycles. The van der Waals surface area contributed by atoms with Gasteiger partial charge in [-0.2, -0.15) is 15.0 Å². The fraction of sp³-hybridized carbons (Fsp3) is 0. The van der Waals surface area contributed by atoms with Gasteiger partial charge in [-0.15, -0.1) is 11.3 Å². The highest BCUT2D eigenvalue weighted by molar-refractivity contribution is 7.26. The third-order valence-corrected chi connectivity index (χ3v) is 8.87. The maximum Gasteiger partial charge on any atom is 0.227 e. The predicted molar refractivity (Wildman–Crippen MR) is 166 cm³/mol. The van der Waals surface area contributed by atoms with Crippen LogP contribution >= 0.6 is 34.5 Å². The van der Waals surface area contributed by atoms with Gasteiger partial charge in [0.25, 0.3) is 0 Å². The number of fused-ring (bicyclic) bond motifs is 6. The molecule has 4 nitrogen and oxygen atoms in total. The predicted octanol–water partition coefficient (Wildman–Crippen LogP) is 10.4. The molecule has 0 spiro atoms. The van der Waals surface area contributed by atoms with Crippen LogP contribution in [0.3, 0.4) is 0 Å². The average Bonchev–Trinajstić information content (AvgIpc) is 3.56. The molecule has 0 aliphatic heterocycles. The lowest BCUT2D eigenvalue weighted by Gasteiger charge is -2.05. The summed E-state index contributed by atoms with van der Waals surface area (Å²) in [6.45, 7) is 0. The van der Waals surface area contributed by atoms with Gasteiger partial charge in [0.2, 0.25) is 10.6 Å². The van der Waals surface area contributed by atoms with Gasteiger partial charge in [-0.3, -0.25) is 0 Å². The Bertz CT molecular complexity index is 2240. The van der Waals surface area contributed by atoms with Crippen LogP contribution in [0.4, 0.5) is 0 Å². The van der Waals surface area contributed by atoms with E-state index in [4.69, 9.17) is 27.6 Å².